The van der Waals surface area contributed by atoms with Crippen molar-refractivity contribution in [3.05, 3.63) is 76.4 Å². The summed E-state index contributed by atoms with van der Waals surface area (Å²) >= 11 is 0. The molecule has 226 valence electrons. The summed E-state index contributed by atoms with van der Waals surface area (Å²) in [4.78, 5) is 37.8. The van der Waals surface area contributed by atoms with Gasteiger partial charge in [0.05, 0.1) is 24.7 Å². The molecule has 0 bridgehead atoms. The first-order valence-electron chi connectivity index (χ1n) is 11.1. The molecule has 6 N–H and O–H groups in total. The number of nitrogens with zero attached hydrogens (tertiary/aromatic N) is 2. The molecule has 0 aliphatic rings. The van der Waals surface area contributed by atoms with E-state index in [2.05, 4.69) is 20.2 Å². The maximum atomic E-state index is 13.4. The molecule has 18 heteroatoms. The van der Waals surface area contributed by atoms with Crippen molar-refractivity contribution in [3.8, 4) is 16.9 Å². The number of methoxy groups -OCH3 is 1. The van der Waals surface area contributed by atoms with E-state index in [9.17, 15) is 35.5 Å². The lowest BCUT2D eigenvalue weighted by atomic mass is 10.0. The number of fused-ring (bicyclic) bond motifs is 1. The number of H-pyrrole nitrogens is 2. The Bertz CT molecular complexity index is 1560. The smallest absolute Gasteiger partial charge is 0.490 e. The number of carbonyl (C=O) groups is 2. The maximum absolute atomic E-state index is 13.4. The number of carboxylic acids is 2. The van der Waals surface area contributed by atoms with Crippen molar-refractivity contribution in [1.29, 1.82) is 0 Å². The number of alkyl halides is 6. The lowest BCUT2D eigenvalue weighted by molar-refractivity contribution is -0.193. The van der Waals surface area contributed by atoms with Crippen molar-refractivity contribution in [2.24, 2.45) is 5.73 Å². The number of ether oxygens (including phenoxy) is 1. The third kappa shape index (κ3) is 9.29. The van der Waals surface area contributed by atoms with E-state index in [-0.39, 0.29) is 11.4 Å². The molecule has 2 aromatic heterocycles. The van der Waals surface area contributed by atoms with Crippen molar-refractivity contribution in [2.75, 3.05) is 7.11 Å². The van der Waals surface area contributed by atoms with Gasteiger partial charge in [-0.1, -0.05) is 12.1 Å². The lowest BCUT2D eigenvalue weighted by Crippen LogP contribution is -2.22. The van der Waals surface area contributed by atoms with Gasteiger partial charge in [0.15, 0.2) is 0 Å². The lowest BCUT2D eigenvalue weighted by Gasteiger charge is -2.13. The summed E-state index contributed by atoms with van der Waals surface area (Å²) in [6.07, 6.45) is -6.45. The van der Waals surface area contributed by atoms with Gasteiger partial charge in [0.25, 0.3) is 5.56 Å². The fourth-order valence-electron chi connectivity index (χ4n) is 3.15. The molecule has 0 saturated carbocycles. The highest BCUT2D eigenvalue weighted by Crippen LogP contribution is 2.30. The number of rotatable bonds is 5. The average molecular weight is 607 g/mol. The van der Waals surface area contributed by atoms with E-state index in [1.54, 1.807) is 36.7 Å². The Morgan fingerprint density at radius 1 is 1.02 bits per heavy atom. The minimum Gasteiger partial charge on any atom is -0.494 e. The predicted octanol–water partition coefficient (Wildman–Crippen LogP) is 3.97. The Hall–Kier alpha value is -5.00. The molecule has 4 aromatic rings. The van der Waals surface area contributed by atoms with E-state index in [1.165, 1.54) is 19.2 Å². The number of hydrogen-bond donors (Lipinski definition) is 5. The zero-order valence-electron chi connectivity index (χ0n) is 21.0. The fourth-order valence-corrected chi connectivity index (χ4v) is 3.15. The normalized spacial score (nSPS) is 11.9. The Morgan fingerprint density at radius 3 is 2.10 bits per heavy atom. The SMILES string of the molecule is COc1cc(-c2cn[nH]c2)cc2c(=O)[nH]c([C@H](N)Cc3cccc(F)c3)nc12.O=C(O)C(F)(F)F.O=C(O)C(F)(F)F. The first kappa shape index (κ1) is 33.2. The highest BCUT2D eigenvalue weighted by molar-refractivity contribution is 5.89. The molecule has 0 aliphatic heterocycles. The Morgan fingerprint density at radius 2 is 1.62 bits per heavy atom. The summed E-state index contributed by atoms with van der Waals surface area (Å²) in [5, 5.41) is 21.3. The fraction of sp³-hybridized carbons (Fsp3) is 0.208. The van der Waals surface area contributed by atoms with Gasteiger partial charge in [-0.25, -0.2) is 19.0 Å². The maximum Gasteiger partial charge on any atom is 0.490 e. The molecule has 0 radical (unpaired) electrons. The molecule has 1 atom stereocenters. The largest absolute Gasteiger partial charge is 0.494 e. The highest BCUT2D eigenvalue weighted by Gasteiger charge is 2.38. The predicted molar refractivity (Wildman–Crippen MR) is 131 cm³/mol. The van der Waals surface area contributed by atoms with Crippen LogP contribution >= 0.6 is 0 Å². The third-order valence-corrected chi connectivity index (χ3v) is 5.03. The number of aliphatic carboxylic acids is 2. The van der Waals surface area contributed by atoms with Crippen LogP contribution in [0.1, 0.15) is 17.4 Å². The molecule has 0 saturated heterocycles. The second-order valence-electron chi connectivity index (χ2n) is 8.06. The molecule has 0 aliphatic carbocycles. The number of nitrogens with one attached hydrogen (secondary N) is 2. The van der Waals surface area contributed by atoms with Gasteiger partial charge in [0.2, 0.25) is 0 Å². The number of aromatic amines is 2. The van der Waals surface area contributed by atoms with Crippen molar-refractivity contribution >= 4 is 22.8 Å². The summed E-state index contributed by atoms with van der Waals surface area (Å²) in [5.74, 6) is -5.08. The summed E-state index contributed by atoms with van der Waals surface area (Å²) in [6, 6.07) is 9.11. The van der Waals surface area contributed by atoms with E-state index in [0.29, 0.717) is 28.9 Å². The Balaban J connectivity index is 0.000000367. The Kier molecular flexibility index (Phi) is 10.7. The van der Waals surface area contributed by atoms with E-state index in [0.717, 1.165) is 16.7 Å². The summed E-state index contributed by atoms with van der Waals surface area (Å²) in [6.45, 7) is 0. The highest BCUT2D eigenvalue weighted by atomic mass is 19.4. The van der Waals surface area contributed by atoms with Gasteiger partial charge in [-0.05, 0) is 41.8 Å². The average Bonchev–Trinajstić information content (AvgIpc) is 3.43. The van der Waals surface area contributed by atoms with Crippen LogP contribution in [-0.2, 0) is 16.0 Å². The van der Waals surface area contributed by atoms with Gasteiger partial charge in [0.1, 0.15) is 22.9 Å². The topological polar surface area (TPSA) is 184 Å². The van der Waals surface area contributed by atoms with E-state index in [1.807, 2.05) is 0 Å². The summed E-state index contributed by atoms with van der Waals surface area (Å²) in [5.41, 5.74) is 8.65. The standard InChI is InChI=1S/C20H18FN5O2.2C2HF3O2/c1-28-17-8-12(13-9-23-24-10-13)7-15-18(17)25-19(26-20(15)27)16(22)6-11-3-2-4-14(21)5-11;2*3-2(4,5)1(6)7/h2-5,7-10,16H,6,22H2,1H3,(H,23,24)(H,25,26,27);2*(H,6,7)/t16-;;/m1../s1. The Labute approximate surface area is 229 Å². The van der Waals surface area contributed by atoms with Crippen molar-refractivity contribution < 1.29 is 55.3 Å². The summed E-state index contributed by atoms with van der Waals surface area (Å²) < 4.78 is 82.3. The van der Waals surface area contributed by atoms with Crippen LogP contribution in [0.15, 0.2) is 53.6 Å². The van der Waals surface area contributed by atoms with E-state index >= 15 is 0 Å². The van der Waals surface area contributed by atoms with Gasteiger partial charge in [-0.15, -0.1) is 0 Å². The van der Waals surface area contributed by atoms with Gasteiger partial charge in [-0.2, -0.15) is 31.4 Å². The van der Waals surface area contributed by atoms with Crippen LogP contribution < -0.4 is 16.0 Å². The van der Waals surface area contributed by atoms with Crippen molar-refractivity contribution in [3.63, 3.8) is 0 Å². The van der Waals surface area contributed by atoms with Crippen LogP contribution in [0.5, 0.6) is 5.75 Å². The van der Waals surface area contributed by atoms with Crippen molar-refractivity contribution in [2.45, 2.75) is 24.8 Å². The minimum absolute atomic E-state index is 0.316. The molecule has 0 unspecified atom stereocenters. The first-order valence-corrected chi connectivity index (χ1v) is 11.1. The van der Waals surface area contributed by atoms with Crippen LogP contribution in [0.2, 0.25) is 0 Å². The van der Waals surface area contributed by atoms with Crippen molar-refractivity contribution in [1.82, 2.24) is 20.2 Å². The van der Waals surface area contributed by atoms with E-state index < -0.39 is 30.3 Å². The van der Waals surface area contributed by atoms with Gasteiger partial charge in [0, 0.05) is 11.8 Å². The molecule has 0 spiro atoms. The molecular weight excluding hydrogens is 587 g/mol. The number of nitrogens with two attached hydrogens (primary N) is 1. The van der Waals surface area contributed by atoms with Crippen LogP contribution in [0, 0.1) is 5.82 Å². The van der Waals surface area contributed by atoms with Gasteiger partial charge < -0.3 is 25.7 Å². The monoisotopic (exact) mass is 607 g/mol. The van der Waals surface area contributed by atoms with Crippen LogP contribution in [0.3, 0.4) is 0 Å². The molecule has 11 nitrogen and oxygen atoms in total. The number of halogens is 7. The number of hydrogen-bond acceptors (Lipinski definition) is 7. The zero-order chi connectivity index (χ0) is 31.8. The van der Waals surface area contributed by atoms with E-state index in [4.69, 9.17) is 30.3 Å². The van der Waals surface area contributed by atoms with Gasteiger partial charge in [-0.3, -0.25) is 9.89 Å². The summed E-state index contributed by atoms with van der Waals surface area (Å²) in [7, 11) is 1.52. The van der Waals surface area contributed by atoms with Gasteiger partial charge >= 0.3 is 24.3 Å². The van der Waals surface area contributed by atoms with Crippen LogP contribution in [0.25, 0.3) is 22.0 Å². The minimum atomic E-state index is -5.08. The molecule has 0 amide bonds. The van der Waals surface area contributed by atoms with Crippen LogP contribution in [0.4, 0.5) is 30.7 Å². The molecule has 2 heterocycles. The number of benzene rings is 2. The molecule has 0 fully saturated rings. The second-order valence-corrected chi connectivity index (χ2v) is 8.06. The number of aromatic nitrogens is 4. The number of carboxylic acid groups (broad SMARTS) is 2. The molecule has 42 heavy (non-hydrogen) atoms. The quantitative estimate of drug-likeness (QED) is 0.210. The first-order chi connectivity index (χ1) is 19.4. The zero-order valence-corrected chi connectivity index (χ0v) is 21.0. The molecule has 2 aromatic carbocycles. The second kappa shape index (κ2) is 13.6. The molecular formula is C24H20F7N5O6. The van der Waals surface area contributed by atoms with Crippen LogP contribution in [-0.4, -0.2) is 61.8 Å². The molecule has 4 rings (SSSR count). The third-order valence-electron chi connectivity index (χ3n) is 5.03.